The van der Waals surface area contributed by atoms with E-state index in [1.165, 1.54) is 25.2 Å². The summed E-state index contributed by atoms with van der Waals surface area (Å²) >= 11 is -2.55. The number of nitrogens with one attached hydrogen (secondary N) is 2. The topological polar surface area (TPSA) is 128 Å². The molecule has 0 aliphatic carbocycles. The number of H-pyrrole nitrogens is 1. The van der Waals surface area contributed by atoms with Crippen LogP contribution in [0.1, 0.15) is 27.2 Å². The summed E-state index contributed by atoms with van der Waals surface area (Å²) in [6.07, 6.45) is -2.87. The Balaban J connectivity index is 1.65. The molecule has 0 bridgehead atoms. The fraction of sp³-hybridized carbons (Fsp3) is 0.154. The van der Waals surface area contributed by atoms with Crippen LogP contribution >= 0.6 is 0 Å². The normalized spacial score (nSPS) is 12.2. The van der Waals surface area contributed by atoms with E-state index in [9.17, 15) is 17.8 Å². The van der Waals surface area contributed by atoms with Crippen molar-refractivity contribution in [2.24, 2.45) is 0 Å². The molecular formula is C26H20F4N4O5S. The number of ether oxygens (including phenoxy) is 1. The van der Waals surface area contributed by atoms with Crippen molar-refractivity contribution in [3.8, 4) is 11.8 Å². The summed E-state index contributed by atoms with van der Waals surface area (Å²) in [6.45, 7) is -1.06. The van der Waals surface area contributed by atoms with E-state index < -0.39 is 47.4 Å². The largest absolute Gasteiger partial charge is 0.488 e. The Hall–Kier alpha value is -4.45. The second-order valence-electron chi connectivity index (χ2n) is 8.41. The Kier molecular flexibility index (Phi) is 8.38. The molecule has 0 aliphatic heterocycles. The number of carbonyl (C=O) groups is 1. The van der Waals surface area contributed by atoms with Crippen LogP contribution in [0.15, 0.2) is 66.7 Å². The van der Waals surface area contributed by atoms with Gasteiger partial charge in [0.25, 0.3) is 18.3 Å². The lowest BCUT2D eigenvalue weighted by Gasteiger charge is -2.20. The van der Waals surface area contributed by atoms with Gasteiger partial charge in [-0.05, 0) is 42.5 Å². The van der Waals surface area contributed by atoms with Crippen molar-refractivity contribution >= 4 is 39.5 Å². The van der Waals surface area contributed by atoms with Gasteiger partial charge in [0.05, 0.1) is 17.3 Å². The molecule has 1 amide bonds. The van der Waals surface area contributed by atoms with Gasteiger partial charge in [-0.15, -0.1) is 4.28 Å². The highest BCUT2D eigenvalue weighted by molar-refractivity contribution is 7.74. The minimum atomic E-state index is -3.67. The average Bonchev–Trinajstić information content (AvgIpc) is 3.35. The third kappa shape index (κ3) is 6.57. The van der Waals surface area contributed by atoms with Crippen molar-refractivity contribution < 1.29 is 40.1 Å². The summed E-state index contributed by atoms with van der Waals surface area (Å²) in [4.78, 5) is 15.9. The number of amides is 1. The van der Waals surface area contributed by atoms with Gasteiger partial charge in [0.1, 0.15) is 18.1 Å². The molecule has 208 valence electrons. The average molecular weight is 577 g/mol. The predicted molar refractivity (Wildman–Crippen MR) is 139 cm³/mol. The fourth-order valence-corrected chi connectivity index (χ4v) is 4.09. The van der Waals surface area contributed by atoms with E-state index in [0.717, 1.165) is 35.4 Å². The molecule has 3 N–H and O–H groups in total. The van der Waals surface area contributed by atoms with Gasteiger partial charge in [0.2, 0.25) is 0 Å². The summed E-state index contributed by atoms with van der Waals surface area (Å²) < 4.78 is 85.9. The number of nitrogens with zero attached hydrogens (tertiary/aromatic N) is 2. The Bertz CT molecular complexity index is 1620. The van der Waals surface area contributed by atoms with Crippen molar-refractivity contribution in [2.75, 3.05) is 24.0 Å². The van der Waals surface area contributed by atoms with Gasteiger partial charge in [-0.25, -0.2) is 13.8 Å². The van der Waals surface area contributed by atoms with E-state index in [0.29, 0.717) is 16.6 Å². The Labute approximate surface area is 227 Å². The Morgan fingerprint density at radius 2 is 1.93 bits per heavy atom. The molecule has 0 radical (unpaired) electrons. The number of fused-ring (bicyclic) bond motifs is 1. The smallest absolute Gasteiger partial charge is 0.325 e. The number of rotatable bonds is 10. The van der Waals surface area contributed by atoms with Crippen LogP contribution in [-0.2, 0) is 21.6 Å². The van der Waals surface area contributed by atoms with E-state index in [1.54, 1.807) is 24.3 Å². The maximum atomic E-state index is 15.5. The maximum Gasteiger partial charge on any atom is 0.325 e. The molecule has 4 rings (SSSR count). The number of carbonyl (C=O) groups excluding carboxylic acids is 1. The number of aromatic amines is 1. The van der Waals surface area contributed by atoms with Crippen LogP contribution < -0.4 is 15.1 Å². The molecule has 0 fully saturated rings. The van der Waals surface area contributed by atoms with E-state index >= 15 is 8.78 Å². The van der Waals surface area contributed by atoms with Crippen molar-refractivity contribution in [3.05, 3.63) is 89.1 Å². The van der Waals surface area contributed by atoms with Crippen LogP contribution in [-0.4, -0.2) is 39.7 Å². The monoisotopic (exact) mass is 576 g/mol. The van der Waals surface area contributed by atoms with E-state index in [-0.39, 0.29) is 22.7 Å². The van der Waals surface area contributed by atoms with E-state index in [1.807, 2.05) is 0 Å². The summed E-state index contributed by atoms with van der Waals surface area (Å²) in [5.74, 6) is -4.72. The first-order valence-electron chi connectivity index (χ1n) is 11.4. The molecule has 0 saturated heterocycles. The first kappa shape index (κ1) is 28.6. The number of alkyl halides is 4. The number of anilines is 2. The molecule has 3 aromatic carbocycles. The fourth-order valence-electron chi connectivity index (χ4n) is 3.82. The van der Waals surface area contributed by atoms with Crippen molar-refractivity contribution in [1.29, 1.82) is 5.26 Å². The number of benzene rings is 3. The van der Waals surface area contributed by atoms with Gasteiger partial charge >= 0.3 is 11.4 Å². The summed E-state index contributed by atoms with van der Waals surface area (Å²) in [6, 6.07) is 15.8. The van der Waals surface area contributed by atoms with Gasteiger partial charge in [-0.2, -0.15) is 18.3 Å². The SMILES string of the molecule is CN(OS(=O)O)c1ccc2cc(C(=O)Nc3cc(OCC(F)F)cc(C(F)(F)c4cccc(C#N)c4)c3)[nH]c2c1. The zero-order valence-electron chi connectivity index (χ0n) is 20.5. The second kappa shape index (κ2) is 11.7. The molecule has 9 nitrogen and oxygen atoms in total. The lowest BCUT2D eigenvalue weighted by molar-refractivity contribution is 0.0421. The molecule has 0 aliphatic rings. The van der Waals surface area contributed by atoms with Gasteiger partial charge in [-0.3, -0.25) is 9.35 Å². The molecule has 0 saturated carbocycles. The molecule has 0 spiro atoms. The van der Waals surface area contributed by atoms with E-state index in [2.05, 4.69) is 14.6 Å². The molecule has 1 atom stereocenters. The molecule has 1 heterocycles. The second-order valence-corrected chi connectivity index (χ2v) is 9.00. The Morgan fingerprint density at radius 1 is 1.15 bits per heavy atom. The number of nitriles is 1. The highest BCUT2D eigenvalue weighted by Crippen LogP contribution is 2.39. The zero-order valence-corrected chi connectivity index (χ0v) is 21.3. The van der Waals surface area contributed by atoms with E-state index in [4.69, 9.17) is 14.6 Å². The minimum absolute atomic E-state index is 0.000141. The zero-order chi connectivity index (χ0) is 29.0. The number of hydrogen-bond acceptors (Lipinski definition) is 6. The van der Waals surface area contributed by atoms with Gasteiger partial charge in [0.15, 0.2) is 0 Å². The van der Waals surface area contributed by atoms with Gasteiger partial charge in [0, 0.05) is 40.8 Å². The first-order chi connectivity index (χ1) is 19.0. The highest BCUT2D eigenvalue weighted by atomic mass is 32.2. The van der Waals surface area contributed by atoms with Crippen LogP contribution in [0.25, 0.3) is 10.9 Å². The summed E-state index contributed by atoms with van der Waals surface area (Å²) in [7, 11) is 1.40. The van der Waals surface area contributed by atoms with Crippen LogP contribution in [0.4, 0.5) is 28.9 Å². The Morgan fingerprint density at radius 3 is 2.62 bits per heavy atom. The van der Waals surface area contributed by atoms with Crippen molar-refractivity contribution in [2.45, 2.75) is 12.3 Å². The highest BCUT2D eigenvalue weighted by Gasteiger charge is 2.35. The molecular weight excluding hydrogens is 556 g/mol. The van der Waals surface area contributed by atoms with Gasteiger partial charge < -0.3 is 15.0 Å². The minimum Gasteiger partial charge on any atom is -0.488 e. The summed E-state index contributed by atoms with van der Waals surface area (Å²) in [5, 5.41) is 13.2. The lowest BCUT2D eigenvalue weighted by Crippen LogP contribution is -2.18. The number of hydroxylamine groups is 1. The number of halogens is 4. The quantitative estimate of drug-likeness (QED) is 0.128. The van der Waals surface area contributed by atoms with Crippen LogP contribution in [0.2, 0.25) is 0 Å². The third-order valence-electron chi connectivity index (χ3n) is 5.65. The predicted octanol–water partition coefficient (Wildman–Crippen LogP) is 5.58. The first-order valence-corrected chi connectivity index (χ1v) is 12.4. The van der Waals surface area contributed by atoms with Crippen LogP contribution in [0, 0.1) is 11.3 Å². The lowest BCUT2D eigenvalue weighted by atomic mass is 9.98. The molecule has 1 unspecified atom stereocenters. The molecule has 14 heteroatoms. The maximum absolute atomic E-state index is 15.5. The molecule has 1 aromatic heterocycles. The number of hydrogen-bond donors (Lipinski definition) is 3. The molecule has 4 aromatic rings. The van der Waals surface area contributed by atoms with Gasteiger partial charge in [-0.1, -0.05) is 18.2 Å². The van der Waals surface area contributed by atoms with Crippen LogP contribution in [0.5, 0.6) is 5.75 Å². The third-order valence-corrected chi connectivity index (χ3v) is 6.00. The molecule has 40 heavy (non-hydrogen) atoms. The van der Waals surface area contributed by atoms with Crippen molar-refractivity contribution in [1.82, 2.24) is 4.98 Å². The number of aromatic nitrogens is 1. The standard InChI is InChI=1S/C26H20F4N4O5S/c1-34(39-40(36)37)20-6-5-16-8-23(33-22(16)12-20)25(35)32-19-9-18(10-21(11-19)38-14-24(27)28)26(29,30)17-4-2-3-15(7-17)13-31/h2-12,24,33H,14H2,1H3,(H,32,35)(H,36,37). The van der Waals surface area contributed by atoms with Crippen LogP contribution in [0.3, 0.4) is 0 Å². The van der Waals surface area contributed by atoms with Crippen molar-refractivity contribution in [3.63, 3.8) is 0 Å². The summed E-state index contributed by atoms with van der Waals surface area (Å²) in [5.41, 5.74) is -0.438.